The minimum Gasteiger partial charge on any atom is -0.508 e. The van der Waals surface area contributed by atoms with Crippen LogP contribution >= 0.6 is 11.3 Å². The summed E-state index contributed by atoms with van der Waals surface area (Å²) < 4.78 is 37.6. The number of fused-ring (bicyclic) bond motifs is 3. The van der Waals surface area contributed by atoms with Crippen molar-refractivity contribution in [2.75, 3.05) is 54.9 Å². The van der Waals surface area contributed by atoms with Gasteiger partial charge in [-0.1, -0.05) is 18.2 Å². The lowest BCUT2D eigenvalue weighted by molar-refractivity contribution is -0.141. The molecule has 1 N–H and O–H groups in total. The van der Waals surface area contributed by atoms with Gasteiger partial charge in [-0.3, -0.25) is 9.59 Å². The summed E-state index contributed by atoms with van der Waals surface area (Å²) in [5.74, 6) is 3.40. The Bertz CT molecular complexity index is 2600. The average molecular weight is 907 g/mol. The lowest BCUT2D eigenvalue weighted by atomic mass is 10.1. The first-order chi connectivity index (χ1) is 31.7. The van der Waals surface area contributed by atoms with Crippen molar-refractivity contribution in [3.05, 3.63) is 89.8 Å². The van der Waals surface area contributed by atoms with Gasteiger partial charge in [0, 0.05) is 91.6 Å². The number of aryl methyl sites for hydroxylation is 3. The largest absolute Gasteiger partial charge is 0.508 e. The van der Waals surface area contributed by atoms with E-state index in [0.717, 1.165) is 115 Å². The molecule has 3 aromatic heterocycles. The first-order valence-corrected chi connectivity index (χ1v) is 23.2. The molecule has 0 unspecified atom stereocenters. The van der Waals surface area contributed by atoms with Gasteiger partial charge in [0.25, 0.3) is 0 Å². The number of hydrogen-bond acceptors (Lipinski definition) is 12. The zero-order valence-corrected chi connectivity index (χ0v) is 39.1. The van der Waals surface area contributed by atoms with Gasteiger partial charge < -0.3 is 42.7 Å². The van der Waals surface area contributed by atoms with E-state index in [-0.39, 0.29) is 17.7 Å². The molecule has 65 heavy (non-hydrogen) atoms. The molecular weight excluding hydrogens is 845 g/mol. The minimum atomic E-state index is -0.169. The van der Waals surface area contributed by atoms with Gasteiger partial charge in [0.05, 0.1) is 49.5 Å². The van der Waals surface area contributed by atoms with E-state index in [9.17, 15) is 14.7 Å². The summed E-state index contributed by atoms with van der Waals surface area (Å²) >= 11 is 1.81. The number of rotatable bonds is 24. The Labute approximate surface area is 385 Å². The van der Waals surface area contributed by atoms with Crippen molar-refractivity contribution >= 4 is 55.4 Å². The summed E-state index contributed by atoms with van der Waals surface area (Å²) in [4.78, 5) is 33.5. The number of thiophene rings is 1. The van der Waals surface area contributed by atoms with Crippen molar-refractivity contribution in [3.63, 3.8) is 0 Å². The monoisotopic (exact) mass is 906 g/mol. The van der Waals surface area contributed by atoms with Crippen LogP contribution in [-0.4, -0.2) is 91.0 Å². The first kappa shape index (κ1) is 48.5. The highest BCUT2D eigenvalue weighted by atomic mass is 32.1. The molecule has 0 radical (unpaired) electrons. The predicted octanol–water partition coefficient (Wildman–Crippen LogP) is 10.9. The third-order valence-corrected chi connectivity index (χ3v) is 12.1. The second-order valence-electron chi connectivity index (χ2n) is 15.7. The Balaban J connectivity index is 0.000000216. The number of imidazole rings is 2. The number of methoxy groups -OCH3 is 4. The zero-order valence-electron chi connectivity index (χ0n) is 38.3. The molecule has 7 aromatic rings. The Morgan fingerprint density at radius 2 is 1.12 bits per heavy atom. The predicted molar refractivity (Wildman–Crippen MR) is 257 cm³/mol. The molecule has 0 spiro atoms. The van der Waals surface area contributed by atoms with Crippen LogP contribution in [0.4, 0.5) is 0 Å². The second kappa shape index (κ2) is 24.9. The number of phenols is 1. The average Bonchev–Trinajstić information content (AvgIpc) is 3.98. The highest BCUT2D eigenvalue weighted by molar-refractivity contribution is 7.19. The minimum absolute atomic E-state index is 0.155. The fourth-order valence-electron chi connectivity index (χ4n) is 7.72. The molecule has 0 aliphatic heterocycles. The van der Waals surface area contributed by atoms with Gasteiger partial charge in [-0.15, -0.1) is 11.3 Å². The van der Waals surface area contributed by atoms with Crippen LogP contribution in [-0.2, 0) is 41.6 Å². The van der Waals surface area contributed by atoms with E-state index >= 15 is 0 Å². The van der Waals surface area contributed by atoms with Crippen LogP contribution < -0.4 is 9.47 Å². The van der Waals surface area contributed by atoms with Crippen LogP contribution in [0, 0.1) is 6.92 Å². The zero-order chi connectivity index (χ0) is 46.0. The third-order valence-electron chi connectivity index (χ3n) is 11.1. The molecule has 4 aromatic carbocycles. The summed E-state index contributed by atoms with van der Waals surface area (Å²) in [5, 5.41) is 10.9. The molecule has 13 nitrogen and oxygen atoms in total. The van der Waals surface area contributed by atoms with Crippen molar-refractivity contribution in [2.45, 2.75) is 84.2 Å². The van der Waals surface area contributed by atoms with E-state index in [2.05, 4.69) is 55.9 Å². The van der Waals surface area contributed by atoms with Crippen LogP contribution in [0.25, 0.3) is 54.9 Å². The number of benzene rings is 4. The molecule has 0 atom stereocenters. The standard InChI is InChI=1S/C27H32N2O4S.C24H30N2O5/c1-19-26(21-10-6-7-11-24(21)34-19)27-28-22-14-13-20(18-23(22)29(27)15-9-16-31-2)33-17-8-4-5-12-25(30)32-3;1-29-15-6-14-26-22-17-20(31-16-5-3-4-7-23(28)30-2)12-13-21(22)25-24(26)18-8-10-19(27)11-9-18/h6-7,10-11,13-14,18H,4-5,8-9,12,15-17H2,1-3H3;8-13,17,27H,3-7,14-16H2,1-2H3. The lowest BCUT2D eigenvalue weighted by Gasteiger charge is -2.11. The molecule has 3 heterocycles. The molecule has 0 fully saturated rings. The summed E-state index contributed by atoms with van der Waals surface area (Å²) in [6.45, 7) is 6.33. The van der Waals surface area contributed by atoms with Crippen molar-refractivity contribution in [2.24, 2.45) is 0 Å². The van der Waals surface area contributed by atoms with Gasteiger partial charge in [0.15, 0.2) is 0 Å². The molecule has 0 bridgehead atoms. The lowest BCUT2D eigenvalue weighted by Crippen LogP contribution is -2.04. The van der Waals surface area contributed by atoms with E-state index in [1.807, 2.05) is 53.8 Å². The number of carbonyl (C=O) groups excluding carboxylic acids is 2. The number of esters is 2. The smallest absolute Gasteiger partial charge is 0.305 e. The normalized spacial score (nSPS) is 11.2. The Kier molecular flexibility index (Phi) is 18.6. The first-order valence-electron chi connectivity index (χ1n) is 22.4. The summed E-state index contributed by atoms with van der Waals surface area (Å²) in [7, 11) is 6.27. The molecule has 0 amide bonds. The molecule has 346 valence electrons. The molecule has 7 rings (SSSR count). The number of aromatic nitrogens is 4. The van der Waals surface area contributed by atoms with Gasteiger partial charge in [0.1, 0.15) is 28.9 Å². The van der Waals surface area contributed by atoms with Crippen molar-refractivity contribution in [1.82, 2.24) is 19.1 Å². The topological polar surface area (TPSA) is 145 Å². The van der Waals surface area contributed by atoms with Crippen molar-refractivity contribution in [3.8, 4) is 40.0 Å². The summed E-state index contributed by atoms with van der Waals surface area (Å²) in [5.41, 5.74) is 6.09. The van der Waals surface area contributed by atoms with Crippen LogP contribution in [0.5, 0.6) is 17.2 Å². The van der Waals surface area contributed by atoms with E-state index in [0.29, 0.717) is 39.3 Å². The highest BCUT2D eigenvalue weighted by Gasteiger charge is 2.20. The number of unbranched alkanes of at least 4 members (excludes halogenated alkanes) is 4. The Morgan fingerprint density at radius 1 is 0.600 bits per heavy atom. The van der Waals surface area contributed by atoms with E-state index in [1.54, 1.807) is 26.4 Å². The number of ether oxygens (including phenoxy) is 6. The molecule has 0 saturated carbocycles. The quantitative estimate of drug-likeness (QED) is 0.0457. The highest BCUT2D eigenvalue weighted by Crippen LogP contribution is 2.39. The summed E-state index contributed by atoms with van der Waals surface area (Å²) in [6.07, 6.45) is 7.91. The molecule has 0 aliphatic rings. The van der Waals surface area contributed by atoms with Crippen LogP contribution in [0.2, 0.25) is 0 Å². The molecule has 14 heteroatoms. The van der Waals surface area contributed by atoms with Crippen LogP contribution in [0.1, 0.15) is 69.1 Å². The molecule has 0 aliphatic carbocycles. The Morgan fingerprint density at radius 3 is 1.66 bits per heavy atom. The van der Waals surface area contributed by atoms with Gasteiger partial charge in [-0.25, -0.2) is 9.97 Å². The third kappa shape index (κ3) is 13.3. The number of nitrogens with zero attached hydrogens (tertiary/aromatic N) is 4. The maximum Gasteiger partial charge on any atom is 0.305 e. The number of phenolic OH excluding ortho intramolecular Hbond substituents is 1. The maximum atomic E-state index is 11.2. The molecular formula is C51H62N4O9S. The Hall–Kier alpha value is -5.96. The second-order valence-corrected chi connectivity index (χ2v) is 17.0. The summed E-state index contributed by atoms with van der Waals surface area (Å²) in [6, 6.07) is 27.7. The SMILES string of the molecule is COCCCn1c(-c2c(C)sc3ccccc23)nc2ccc(OCCCCCC(=O)OC)cc21.COCCCn1c(-c2ccc(O)cc2)nc2ccc(OCCCCCC(=O)OC)cc21. The number of aromatic hydroxyl groups is 1. The number of hydrogen-bond donors (Lipinski definition) is 1. The molecule has 0 saturated heterocycles. The van der Waals surface area contributed by atoms with Gasteiger partial charge >= 0.3 is 11.9 Å². The number of carbonyl (C=O) groups is 2. The van der Waals surface area contributed by atoms with E-state index in [1.165, 1.54) is 34.7 Å². The van der Waals surface area contributed by atoms with Gasteiger partial charge in [-0.05, 0) is 113 Å². The maximum absolute atomic E-state index is 11.2. The van der Waals surface area contributed by atoms with E-state index in [4.69, 9.17) is 28.9 Å². The van der Waals surface area contributed by atoms with Gasteiger partial charge in [-0.2, -0.15) is 0 Å². The van der Waals surface area contributed by atoms with Gasteiger partial charge in [0.2, 0.25) is 0 Å². The van der Waals surface area contributed by atoms with Crippen LogP contribution in [0.3, 0.4) is 0 Å². The van der Waals surface area contributed by atoms with Crippen molar-refractivity contribution < 1.29 is 43.1 Å². The van der Waals surface area contributed by atoms with Crippen molar-refractivity contribution in [1.29, 1.82) is 0 Å². The fourth-order valence-corrected chi connectivity index (χ4v) is 8.78. The van der Waals surface area contributed by atoms with Crippen LogP contribution in [0.15, 0.2) is 84.9 Å². The fraction of sp³-hybridized carbons (Fsp3) is 0.412. The van der Waals surface area contributed by atoms with E-state index < -0.39 is 0 Å².